The molecule has 2 unspecified atom stereocenters. The minimum absolute atomic E-state index is 0. The van der Waals surface area contributed by atoms with E-state index in [1.54, 1.807) is 115 Å². The number of Topliss-reactive ketones (excluding diaryl/α,β-unsaturated/α-hetero) is 4. The van der Waals surface area contributed by atoms with Crippen molar-refractivity contribution in [1.82, 2.24) is 26.6 Å². The second kappa shape index (κ2) is 51.3. The molecule has 7 N–H and O–H groups in total. The first kappa shape index (κ1) is 104. The van der Waals surface area contributed by atoms with Crippen molar-refractivity contribution in [3.63, 3.8) is 0 Å². The van der Waals surface area contributed by atoms with Crippen LogP contribution in [0.1, 0.15) is 173 Å². The zero-order valence-corrected chi connectivity index (χ0v) is 68.6. The zero-order valence-electron chi connectivity index (χ0n) is 63.9. The van der Waals surface area contributed by atoms with Gasteiger partial charge in [0.2, 0.25) is 0 Å². The van der Waals surface area contributed by atoms with Gasteiger partial charge in [-0.05, 0) is 186 Å². The number of benzene rings is 2. The maximum Gasteiger partial charge on any atom is 0.408 e. The number of ether oxygens (including phenoxy) is 4. The molecular formula is C70H120Cl3N7O18S3. The Bertz CT molecular complexity index is 3030. The third-order valence-electron chi connectivity index (χ3n) is 12.2. The van der Waals surface area contributed by atoms with Crippen LogP contribution in [0.5, 0.6) is 0 Å². The molecule has 2 rings (SSSR count). The fourth-order valence-electron chi connectivity index (χ4n) is 7.94. The van der Waals surface area contributed by atoms with Gasteiger partial charge in [-0.1, -0.05) is 78.2 Å². The summed E-state index contributed by atoms with van der Waals surface area (Å²) in [6.07, 6.45) is 10.3. The molecular weight excluding hydrogens is 1430 g/mol. The molecule has 582 valence electrons. The smallest absolute Gasteiger partial charge is 0.408 e. The van der Waals surface area contributed by atoms with Gasteiger partial charge in [0.1, 0.15) is 93.4 Å². The van der Waals surface area contributed by atoms with Crippen LogP contribution in [-0.4, -0.2) is 168 Å². The summed E-state index contributed by atoms with van der Waals surface area (Å²) >= 11 is 5.90. The molecule has 0 saturated heterocycles. The van der Waals surface area contributed by atoms with E-state index in [0.717, 1.165) is 22.1 Å². The summed E-state index contributed by atoms with van der Waals surface area (Å²) in [4.78, 5) is 103. The number of oxime groups is 1. The van der Waals surface area contributed by atoms with Gasteiger partial charge in [-0.15, -0.1) is 24.2 Å². The van der Waals surface area contributed by atoms with Crippen molar-refractivity contribution in [3.8, 4) is 0 Å². The van der Waals surface area contributed by atoms with E-state index in [4.69, 9.17) is 41.3 Å². The fraction of sp³-hybridized carbons (Fsp3) is 0.643. The molecule has 0 aliphatic rings. The minimum Gasteiger partial charge on any atom is -1.00 e. The molecule has 0 radical (unpaired) electrons. The van der Waals surface area contributed by atoms with Crippen LogP contribution in [0.25, 0.3) is 0 Å². The van der Waals surface area contributed by atoms with Crippen LogP contribution in [0.2, 0.25) is 0 Å². The number of hydrogen-bond donors (Lipinski definition) is 6. The van der Waals surface area contributed by atoms with Gasteiger partial charge in [0.25, 0.3) is 0 Å². The van der Waals surface area contributed by atoms with E-state index in [9.17, 15) is 56.1 Å². The largest absolute Gasteiger partial charge is 1.00 e. The van der Waals surface area contributed by atoms with E-state index in [2.05, 4.69) is 43.2 Å². The normalized spacial score (nSPS) is 13.3. The molecule has 2 aromatic carbocycles. The molecule has 31 heteroatoms. The first-order chi connectivity index (χ1) is 45.1. The lowest BCUT2D eigenvalue weighted by Gasteiger charge is -2.23. The monoisotopic (exact) mass is 1550 g/mol. The molecule has 0 fully saturated rings. The van der Waals surface area contributed by atoms with Gasteiger partial charge in [-0.3, -0.25) is 24.0 Å². The van der Waals surface area contributed by atoms with Crippen molar-refractivity contribution < 1.29 is 110 Å². The fourth-order valence-corrected chi connectivity index (χ4v) is 11.3. The lowest BCUT2D eigenvalue weighted by atomic mass is 10.0. The van der Waals surface area contributed by atoms with Gasteiger partial charge >= 0.3 is 24.4 Å². The third kappa shape index (κ3) is 65.9. The average molecular weight is 1550 g/mol. The number of carbonyl (C=O) groups excluding carboxylic acids is 8. The van der Waals surface area contributed by atoms with E-state index < -0.39 is 101 Å². The number of nitrogens with one attached hydrogen (secondary N) is 5. The second-order valence-corrected chi connectivity index (χ2v) is 38.1. The van der Waals surface area contributed by atoms with Gasteiger partial charge in [-0.2, -0.15) is 0 Å². The molecule has 101 heavy (non-hydrogen) atoms. The Hall–Kier alpha value is -5.85. The molecule has 2 aromatic rings. The summed E-state index contributed by atoms with van der Waals surface area (Å²) in [6.45, 7) is 31.3. The van der Waals surface area contributed by atoms with Crippen molar-refractivity contribution in [1.29, 1.82) is 0 Å². The standard InChI is InChI=1S/C19H27ClN2O4.C15H30N2O4S.C15H27NO4S.C14H25NO5S.C7H9NO.2ClH/c1-14(23)17(21-18(24)26-19(2,3)4)11-10-16(12-20)22-25-13-15-8-6-5-7-9-15;1-11(18)13(17-14(19)21-15(2,3)4)9-8-12(16-5)10-22(6,7)20;1-11(10-21(6,7)19)8-9-13(12(2)17)16-14(18)20-15(3,4)5;1-10(16)12(15-13(18)20-14(2,3)4)8-7-11(17)9-21(5,6)19;8-9-6-7-4-2-1-3-5-7;;/h5-9,17H,10-13H2,1-4H3,(H,21,24);12-13,16H,8-10H2,1-7H3;13H,1,8-10H2,2-7H3;9,12H,7-8H2,1-6H3,(H-,15,17,18,19);1-5H,6,8H2;2*1H/t;12?,13-;13-;12-;;;/m.000.../s1. The van der Waals surface area contributed by atoms with Crippen molar-refractivity contribution in [3.05, 3.63) is 95.1 Å². The molecule has 0 aromatic heterocycles. The molecule has 0 aliphatic heterocycles. The number of nitrogens with zero attached hydrogens (tertiary/aromatic N) is 1. The highest BCUT2D eigenvalue weighted by Crippen LogP contribution is 2.16. The van der Waals surface area contributed by atoms with Gasteiger partial charge in [-0.25, -0.2) is 25.1 Å². The van der Waals surface area contributed by atoms with Crippen molar-refractivity contribution in [2.75, 3.05) is 62.0 Å². The molecule has 5 atom stereocenters. The number of hydrogen-bond acceptors (Lipinski definition) is 21. The van der Waals surface area contributed by atoms with E-state index >= 15 is 0 Å². The number of alkyl halides is 1. The summed E-state index contributed by atoms with van der Waals surface area (Å²) in [5.41, 5.74) is 1.03. The molecule has 4 amide bonds. The first-order valence-electron chi connectivity index (χ1n) is 32.2. The van der Waals surface area contributed by atoms with Gasteiger partial charge in [0.15, 0.2) is 23.1 Å². The van der Waals surface area contributed by atoms with Crippen LogP contribution in [0.15, 0.2) is 89.1 Å². The highest BCUT2D eigenvalue weighted by atomic mass is 35.5. The predicted molar refractivity (Wildman–Crippen MR) is 397 cm³/mol. The Kier molecular flexibility index (Phi) is 52.7. The number of carbonyl (C=O) groups is 8. The van der Waals surface area contributed by atoms with Crippen LogP contribution in [0.3, 0.4) is 0 Å². The van der Waals surface area contributed by atoms with Crippen LogP contribution in [0.4, 0.5) is 19.2 Å². The Morgan fingerprint density at radius 1 is 0.535 bits per heavy atom. The Morgan fingerprint density at radius 2 is 0.861 bits per heavy atom. The highest BCUT2D eigenvalue weighted by molar-refractivity contribution is 8.04. The van der Waals surface area contributed by atoms with Crippen LogP contribution in [0, 0.1) is 0 Å². The number of ketones is 4. The van der Waals surface area contributed by atoms with E-state index in [-0.39, 0.29) is 78.5 Å². The maximum absolute atomic E-state index is 11.9. The number of alkyl carbamates (subject to hydrolysis) is 4. The number of halogens is 3. The molecule has 0 bridgehead atoms. The summed E-state index contributed by atoms with van der Waals surface area (Å²) in [7, 11) is -4.20. The number of nitrogens with two attached hydrogens (primary N) is 1. The van der Waals surface area contributed by atoms with Crippen molar-refractivity contribution in [2.24, 2.45) is 11.1 Å². The number of amides is 4. The summed E-state index contributed by atoms with van der Waals surface area (Å²) in [6, 6.07) is 16.8. The van der Waals surface area contributed by atoms with Crippen LogP contribution >= 0.6 is 11.6 Å². The van der Waals surface area contributed by atoms with Gasteiger partial charge in [0, 0.05) is 0 Å². The topological polar surface area (TPSA) is 365 Å². The van der Waals surface area contributed by atoms with E-state index in [0.29, 0.717) is 69.0 Å². The molecule has 0 aliphatic carbocycles. The number of rotatable bonds is 32. The van der Waals surface area contributed by atoms with Crippen molar-refractivity contribution in [2.45, 2.75) is 228 Å². The van der Waals surface area contributed by atoms with Crippen molar-refractivity contribution >= 4 is 94.6 Å². The molecule has 0 heterocycles. The highest BCUT2D eigenvalue weighted by Gasteiger charge is 2.28. The maximum atomic E-state index is 11.9. The zero-order chi connectivity index (χ0) is 77.3. The third-order valence-corrected chi connectivity index (χ3v) is 15.7. The molecule has 0 saturated carbocycles. The van der Waals surface area contributed by atoms with Crippen LogP contribution < -0.4 is 62.4 Å². The summed E-state index contributed by atoms with van der Waals surface area (Å²) in [5, 5.41) is 30.1. The summed E-state index contributed by atoms with van der Waals surface area (Å²) < 4.78 is 55.6. The Morgan fingerprint density at radius 3 is 1.15 bits per heavy atom. The lowest BCUT2D eigenvalue weighted by Crippen LogP contribution is -3.00. The second-order valence-electron chi connectivity index (χ2n) is 28.6. The van der Waals surface area contributed by atoms with Gasteiger partial charge in [0.05, 0.1) is 68.3 Å². The Balaban J connectivity index is -0.000000387. The lowest BCUT2D eigenvalue weighted by molar-refractivity contribution is -0.306. The number of allylic oxidation sites excluding steroid dienone is 1. The van der Waals surface area contributed by atoms with E-state index in [1.807, 2.05) is 60.7 Å². The molecule has 0 spiro atoms. The molecule has 25 nitrogen and oxygen atoms in total. The average Bonchev–Trinajstić information content (AvgIpc) is 0.926. The SMILES string of the molecule is C=C(CC[C@H](NC(=O)OC(C)(C)C)C(C)=O)C[S+](C)(C)=O.CC(=O)C(CCC(CCl)=NOCc1ccccc1)NC(=O)OC(C)(C)C.CC(=O)[C@H](CC/C([O-])=C/[S+](C)(C)=O)NC(=O)OC(C)(C)C.CNC(CC[C@H](NC(=O)OC(C)(C)C)C(C)=O)C[S+](C)(C)=O.NOCc1ccccc1.[Cl-].[Cl-]. The van der Waals surface area contributed by atoms with Gasteiger partial charge < -0.3 is 80.3 Å². The predicted octanol–water partition coefficient (Wildman–Crippen LogP) is 4.52. The Labute approximate surface area is 623 Å². The quantitative estimate of drug-likeness (QED) is 0.0112. The van der Waals surface area contributed by atoms with E-state index in [1.165, 1.54) is 40.2 Å². The minimum atomic E-state index is -2.26. The van der Waals surface area contributed by atoms with Crippen LogP contribution in [-0.2, 0) is 103 Å². The first-order valence-corrected chi connectivity index (χ1v) is 40.3. The summed E-state index contributed by atoms with van der Waals surface area (Å²) in [5.74, 6) is 5.05.